The Balaban J connectivity index is 2.05. The Labute approximate surface area is 114 Å². The Kier molecular flexibility index (Phi) is 2.85. The second-order valence-electron chi connectivity index (χ2n) is 4.65. The summed E-state index contributed by atoms with van der Waals surface area (Å²) in [5.41, 5.74) is 5.67. The molecule has 1 heteroatoms. The van der Waals surface area contributed by atoms with E-state index in [1.807, 2.05) is 13.0 Å². The Bertz CT molecular complexity index is 675. The second kappa shape index (κ2) is 4.66. The minimum Gasteiger partial charge on any atom is -0.172 e. The first-order valence-corrected chi connectivity index (χ1v) is 6.34. The smallest absolute Gasteiger partial charge is 0.172 e. The van der Waals surface area contributed by atoms with Crippen LogP contribution < -0.4 is 0 Å². The number of nitrogens with zero attached hydrogens (tertiary/aromatic N) is 1. The van der Waals surface area contributed by atoms with Gasteiger partial charge in [-0.05, 0) is 18.6 Å². The fourth-order valence-corrected chi connectivity index (χ4v) is 2.45. The lowest BCUT2D eigenvalue weighted by Gasteiger charge is -2.03. The highest BCUT2D eigenvalue weighted by Crippen LogP contribution is 2.38. The molecule has 0 unspecified atom stereocenters. The van der Waals surface area contributed by atoms with Gasteiger partial charge in [-0.25, -0.2) is 0 Å². The Hall–Kier alpha value is -2.46. The molecule has 0 spiro atoms. The predicted molar refractivity (Wildman–Crippen MR) is 80.4 cm³/mol. The topological polar surface area (TPSA) is 12.4 Å². The SMILES string of the molecule is C#CC[C+]1C(C)=Nc2ccc(-c3ccccc3)cc21. The fourth-order valence-electron chi connectivity index (χ4n) is 2.45. The zero-order valence-corrected chi connectivity index (χ0v) is 10.9. The van der Waals surface area contributed by atoms with Gasteiger partial charge in [0, 0.05) is 11.6 Å². The Morgan fingerprint density at radius 2 is 1.89 bits per heavy atom. The summed E-state index contributed by atoms with van der Waals surface area (Å²) < 4.78 is 0. The molecule has 1 nitrogen and oxygen atoms in total. The standard InChI is InChI=1S/C18H14N/c1-3-7-16-13(2)19-18-11-10-15(12-17(16)18)14-8-5-4-6-9-14/h1,4-6,8-12H,7H2,2H3/q+1. The van der Waals surface area contributed by atoms with Gasteiger partial charge in [0.15, 0.2) is 11.3 Å². The summed E-state index contributed by atoms with van der Waals surface area (Å²) >= 11 is 0. The summed E-state index contributed by atoms with van der Waals surface area (Å²) in [4.78, 5) is 4.57. The van der Waals surface area contributed by atoms with Crippen LogP contribution in [0.15, 0.2) is 53.5 Å². The molecule has 1 aliphatic rings. The second-order valence-corrected chi connectivity index (χ2v) is 4.65. The summed E-state index contributed by atoms with van der Waals surface area (Å²) in [5, 5.41) is 0. The Morgan fingerprint density at radius 3 is 2.63 bits per heavy atom. The van der Waals surface area contributed by atoms with E-state index < -0.39 is 0 Å². The van der Waals surface area contributed by atoms with E-state index >= 15 is 0 Å². The zero-order chi connectivity index (χ0) is 13.2. The van der Waals surface area contributed by atoms with E-state index in [1.54, 1.807) is 0 Å². The van der Waals surface area contributed by atoms with Crippen LogP contribution in [-0.2, 0) is 0 Å². The van der Waals surface area contributed by atoms with Crippen LogP contribution in [0.5, 0.6) is 0 Å². The van der Waals surface area contributed by atoms with E-state index in [2.05, 4.69) is 53.4 Å². The van der Waals surface area contributed by atoms with Gasteiger partial charge in [0.05, 0.1) is 18.4 Å². The van der Waals surface area contributed by atoms with Crippen LogP contribution in [0.1, 0.15) is 18.9 Å². The third-order valence-corrected chi connectivity index (χ3v) is 3.43. The molecule has 3 rings (SSSR count). The maximum atomic E-state index is 5.45. The molecule has 1 aliphatic heterocycles. The lowest BCUT2D eigenvalue weighted by Crippen LogP contribution is -2.04. The number of aliphatic imine (C=N–C) groups is 1. The first-order valence-electron chi connectivity index (χ1n) is 6.34. The minimum absolute atomic E-state index is 0.639. The molecule has 0 amide bonds. The summed E-state index contributed by atoms with van der Waals surface area (Å²) in [6, 6.07) is 16.7. The van der Waals surface area contributed by atoms with Crippen LogP contribution in [0.25, 0.3) is 11.1 Å². The van der Waals surface area contributed by atoms with Crippen LogP contribution in [0.2, 0.25) is 0 Å². The highest BCUT2D eigenvalue weighted by atomic mass is 14.8. The largest absolute Gasteiger partial charge is 0.177 e. The molecule has 2 aromatic rings. The third-order valence-electron chi connectivity index (χ3n) is 3.43. The molecular formula is C18H14N+. The van der Waals surface area contributed by atoms with Crippen molar-refractivity contribution in [2.24, 2.45) is 4.99 Å². The number of terminal acetylenes is 1. The number of benzene rings is 2. The molecule has 19 heavy (non-hydrogen) atoms. The van der Waals surface area contributed by atoms with Gasteiger partial charge in [-0.2, -0.15) is 4.99 Å². The van der Waals surface area contributed by atoms with Gasteiger partial charge in [-0.3, -0.25) is 0 Å². The summed E-state index contributed by atoms with van der Waals surface area (Å²) in [6.45, 7) is 2.02. The van der Waals surface area contributed by atoms with Gasteiger partial charge in [0.2, 0.25) is 0 Å². The van der Waals surface area contributed by atoms with Gasteiger partial charge in [0.1, 0.15) is 5.71 Å². The van der Waals surface area contributed by atoms with Gasteiger partial charge in [-0.15, -0.1) is 6.42 Å². The van der Waals surface area contributed by atoms with Gasteiger partial charge in [0.25, 0.3) is 0 Å². The lowest BCUT2D eigenvalue weighted by atomic mass is 9.91. The van der Waals surface area contributed by atoms with Crippen molar-refractivity contribution in [2.45, 2.75) is 13.3 Å². The van der Waals surface area contributed by atoms with E-state index in [-0.39, 0.29) is 0 Å². The molecule has 0 aliphatic carbocycles. The van der Waals surface area contributed by atoms with Crippen molar-refractivity contribution in [1.29, 1.82) is 0 Å². The molecular weight excluding hydrogens is 230 g/mol. The van der Waals surface area contributed by atoms with Crippen LogP contribution in [0, 0.1) is 18.3 Å². The van der Waals surface area contributed by atoms with Gasteiger partial charge < -0.3 is 0 Å². The normalized spacial score (nSPS) is 12.8. The molecule has 0 radical (unpaired) electrons. The Morgan fingerprint density at radius 1 is 1.11 bits per heavy atom. The van der Waals surface area contributed by atoms with Crippen LogP contribution in [0.3, 0.4) is 0 Å². The quantitative estimate of drug-likeness (QED) is 0.548. The molecule has 0 N–H and O–H groups in total. The van der Waals surface area contributed by atoms with E-state index in [4.69, 9.17) is 6.42 Å². The third kappa shape index (κ3) is 2.02. The van der Waals surface area contributed by atoms with E-state index in [0.29, 0.717) is 6.42 Å². The van der Waals surface area contributed by atoms with Crippen LogP contribution >= 0.6 is 0 Å². The fraction of sp³-hybridized carbons (Fsp3) is 0.111. The van der Waals surface area contributed by atoms with E-state index in [9.17, 15) is 0 Å². The van der Waals surface area contributed by atoms with Crippen molar-refractivity contribution >= 4 is 11.4 Å². The molecule has 1 heterocycles. The molecule has 2 aromatic carbocycles. The average Bonchev–Trinajstić information content (AvgIpc) is 2.76. The minimum atomic E-state index is 0.639. The predicted octanol–water partition coefficient (Wildman–Crippen LogP) is 4.41. The molecule has 0 aromatic heterocycles. The zero-order valence-electron chi connectivity index (χ0n) is 10.9. The average molecular weight is 244 g/mol. The van der Waals surface area contributed by atoms with Gasteiger partial charge in [-0.1, -0.05) is 36.3 Å². The highest BCUT2D eigenvalue weighted by Gasteiger charge is 2.33. The van der Waals surface area contributed by atoms with Crippen molar-refractivity contribution < 1.29 is 0 Å². The van der Waals surface area contributed by atoms with Crippen molar-refractivity contribution in [1.82, 2.24) is 0 Å². The molecule has 0 fully saturated rings. The number of hydrogen-bond donors (Lipinski definition) is 0. The van der Waals surface area contributed by atoms with E-state index in [1.165, 1.54) is 22.6 Å². The van der Waals surface area contributed by atoms with Crippen LogP contribution in [0.4, 0.5) is 5.69 Å². The van der Waals surface area contributed by atoms with Crippen molar-refractivity contribution in [3.63, 3.8) is 0 Å². The maximum Gasteiger partial charge on any atom is 0.177 e. The number of fused-ring (bicyclic) bond motifs is 1. The van der Waals surface area contributed by atoms with E-state index in [0.717, 1.165) is 11.4 Å². The molecule has 0 saturated heterocycles. The lowest BCUT2D eigenvalue weighted by molar-refractivity contribution is 1.20. The molecule has 0 saturated carbocycles. The number of hydrogen-bond acceptors (Lipinski definition) is 1. The summed E-state index contributed by atoms with van der Waals surface area (Å²) in [6.07, 6.45) is 6.09. The summed E-state index contributed by atoms with van der Waals surface area (Å²) in [5.74, 6) is 3.90. The monoisotopic (exact) mass is 244 g/mol. The summed E-state index contributed by atoms with van der Waals surface area (Å²) in [7, 11) is 0. The molecule has 90 valence electrons. The van der Waals surface area contributed by atoms with Gasteiger partial charge >= 0.3 is 0 Å². The number of rotatable bonds is 2. The maximum absolute atomic E-state index is 5.45. The first kappa shape index (κ1) is 11.6. The van der Waals surface area contributed by atoms with Crippen LogP contribution in [-0.4, -0.2) is 5.71 Å². The molecule has 0 atom stereocenters. The highest BCUT2D eigenvalue weighted by molar-refractivity contribution is 6.06. The molecule has 0 bridgehead atoms. The van der Waals surface area contributed by atoms with Crippen molar-refractivity contribution in [3.8, 4) is 23.5 Å². The van der Waals surface area contributed by atoms with Crippen molar-refractivity contribution in [2.75, 3.05) is 0 Å². The van der Waals surface area contributed by atoms with Crippen molar-refractivity contribution in [3.05, 3.63) is 60.0 Å². The first-order chi connectivity index (χ1) is 9.29.